The molecule has 2 aromatic rings. The number of hydrogen-bond donors (Lipinski definition) is 1. The highest BCUT2D eigenvalue weighted by Gasteiger charge is 2.17. The second-order valence-corrected chi connectivity index (χ2v) is 5.66. The van der Waals surface area contributed by atoms with Gasteiger partial charge >= 0.3 is 5.97 Å². The Morgan fingerprint density at radius 1 is 1.08 bits per heavy atom. The summed E-state index contributed by atoms with van der Waals surface area (Å²) in [6.07, 6.45) is 0. The van der Waals surface area contributed by atoms with Crippen LogP contribution >= 0.6 is 0 Å². The van der Waals surface area contributed by atoms with Crippen LogP contribution in [0.25, 0.3) is 0 Å². The zero-order valence-corrected chi connectivity index (χ0v) is 14.3. The Morgan fingerprint density at radius 3 is 2.65 bits per heavy atom. The largest absolute Gasteiger partial charge is 0.482 e. The first-order valence-electron chi connectivity index (χ1n) is 8.14. The summed E-state index contributed by atoms with van der Waals surface area (Å²) in [6, 6.07) is 14.1. The second kappa shape index (κ2) is 8.24. The molecule has 0 aromatic heterocycles. The van der Waals surface area contributed by atoms with Gasteiger partial charge in [0.05, 0.1) is 6.04 Å². The van der Waals surface area contributed by atoms with Gasteiger partial charge in [0, 0.05) is 0 Å². The molecule has 0 aliphatic carbocycles. The average Bonchev–Trinajstić information content (AvgIpc) is 3.13. The number of nitrogens with one attached hydrogen (secondary N) is 1. The third-order valence-corrected chi connectivity index (χ3v) is 3.74. The minimum absolute atomic E-state index is 0.195. The highest BCUT2D eigenvalue weighted by atomic mass is 16.7. The summed E-state index contributed by atoms with van der Waals surface area (Å²) in [5.74, 6) is 0.876. The molecule has 0 unspecified atom stereocenters. The number of carbonyl (C=O) groups excluding carboxylic acids is 2. The fourth-order valence-electron chi connectivity index (χ4n) is 2.40. The molecule has 0 saturated carbocycles. The van der Waals surface area contributed by atoms with E-state index in [0.29, 0.717) is 17.2 Å². The van der Waals surface area contributed by atoms with Gasteiger partial charge in [0.15, 0.2) is 24.7 Å². The molecule has 0 spiro atoms. The first kappa shape index (κ1) is 17.6. The molecule has 0 bridgehead atoms. The quantitative estimate of drug-likeness (QED) is 0.765. The first-order valence-corrected chi connectivity index (χ1v) is 8.14. The van der Waals surface area contributed by atoms with E-state index >= 15 is 0 Å². The van der Waals surface area contributed by atoms with Crippen LogP contribution < -0.4 is 19.5 Å². The maximum Gasteiger partial charge on any atom is 0.344 e. The molecular formula is C19H19NO6. The lowest BCUT2D eigenvalue weighted by Crippen LogP contribution is -2.31. The van der Waals surface area contributed by atoms with Crippen LogP contribution in [0.4, 0.5) is 0 Å². The van der Waals surface area contributed by atoms with Crippen molar-refractivity contribution < 1.29 is 28.5 Å². The maximum absolute atomic E-state index is 12.0. The second-order valence-electron chi connectivity index (χ2n) is 5.66. The molecule has 0 radical (unpaired) electrons. The van der Waals surface area contributed by atoms with Crippen LogP contribution in [0.15, 0.2) is 48.5 Å². The minimum atomic E-state index is -0.611. The van der Waals surface area contributed by atoms with E-state index in [-0.39, 0.29) is 26.0 Å². The monoisotopic (exact) mass is 357 g/mol. The highest BCUT2D eigenvalue weighted by Crippen LogP contribution is 2.34. The molecule has 1 atom stereocenters. The fraction of sp³-hybridized carbons (Fsp3) is 0.263. The number of fused-ring (bicyclic) bond motifs is 1. The van der Waals surface area contributed by atoms with Crippen LogP contribution in [-0.4, -0.2) is 31.9 Å². The van der Waals surface area contributed by atoms with E-state index in [1.165, 1.54) is 0 Å². The van der Waals surface area contributed by atoms with Crippen molar-refractivity contribution in [1.29, 1.82) is 0 Å². The SMILES string of the molecule is C[C@H](NC(=O)COC(=O)COc1ccccc1)c1ccc2c(c1)OCO2. The molecular weight excluding hydrogens is 338 g/mol. The standard InChI is InChI=1S/C19H19NO6/c1-13(14-7-8-16-17(9-14)26-12-25-16)20-18(21)10-24-19(22)11-23-15-5-3-2-4-6-15/h2-9,13H,10-12H2,1H3,(H,20,21)/t13-/m0/s1. The van der Waals surface area contributed by atoms with Crippen LogP contribution in [-0.2, 0) is 14.3 Å². The van der Waals surface area contributed by atoms with E-state index in [0.717, 1.165) is 5.56 Å². The predicted octanol–water partition coefficient (Wildman–Crippen LogP) is 2.21. The maximum atomic E-state index is 12.0. The number of rotatable bonds is 7. The van der Waals surface area contributed by atoms with E-state index in [4.69, 9.17) is 18.9 Å². The van der Waals surface area contributed by atoms with E-state index in [1.54, 1.807) is 30.3 Å². The highest BCUT2D eigenvalue weighted by molar-refractivity contribution is 5.81. The Morgan fingerprint density at radius 2 is 1.85 bits per heavy atom. The van der Waals surface area contributed by atoms with Gasteiger partial charge in [-0.1, -0.05) is 24.3 Å². The van der Waals surface area contributed by atoms with Crippen molar-refractivity contribution in [3.8, 4) is 17.2 Å². The average molecular weight is 357 g/mol. The molecule has 0 saturated heterocycles. The summed E-state index contributed by atoms with van der Waals surface area (Å²) in [4.78, 5) is 23.6. The van der Waals surface area contributed by atoms with E-state index in [2.05, 4.69) is 5.32 Å². The Labute approximate surface area is 150 Å². The van der Waals surface area contributed by atoms with Crippen molar-refractivity contribution in [2.75, 3.05) is 20.0 Å². The van der Waals surface area contributed by atoms with Gasteiger partial charge in [0.25, 0.3) is 5.91 Å². The normalized spacial score (nSPS) is 13.0. The van der Waals surface area contributed by atoms with Crippen molar-refractivity contribution in [3.63, 3.8) is 0 Å². The van der Waals surface area contributed by atoms with E-state index < -0.39 is 11.9 Å². The number of ether oxygens (including phenoxy) is 4. The number of esters is 1. The van der Waals surface area contributed by atoms with Crippen molar-refractivity contribution in [2.45, 2.75) is 13.0 Å². The molecule has 1 heterocycles. The van der Waals surface area contributed by atoms with Gasteiger partial charge in [-0.3, -0.25) is 4.79 Å². The lowest BCUT2D eigenvalue weighted by atomic mass is 10.1. The summed E-state index contributed by atoms with van der Waals surface area (Å²) in [5.41, 5.74) is 0.862. The number of benzene rings is 2. The third kappa shape index (κ3) is 4.66. The fourth-order valence-corrected chi connectivity index (χ4v) is 2.40. The summed E-state index contributed by atoms with van der Waals surface area (Å²) in [5, 5.41) is 2.76. The van der Waals surface area contributed by atoms with Crippen LogP contribution in [0.1, 0.15) is 18.5 Å². The molecule has 1 aliphatic rings. The molecule has 0 fully saturated rings. The van der Waals surface area contributed by atoms with E-state index in [9.17, 15) is 9.59 Å². The molecule has 7 nitrogen and oxygen atoms in total. The predicted molar refractivity (Wildman–Crippen MR) is 92.0 cm³/mol. The summed E-state index contributed by atoms with van der Waals surface area (Å²) < 4.78 is 20.8. The summed E-state index contributed by atoms with van der Waals surface area (Å²) in [6.45, 7) is 1.40. The summed E-state index contributed by atoms with van der Waals surface area (Å²) in [7, 11) is 0. The first-order chi connectivity index (χ1) is 12.6. The van der Waals surface area contributed by atoms with Crippen molar-refractivity contribution in [1.82, 2.24) is 5.32 Å². The molecule has 7 heteroatoms. The van der Waals surface area contributed by atoms with Gasteiger partial charge in [0.1, 0.15) is 5.75 Å². The Balaban J connectivity index is 1.41. The molecule has 1 amide bonds. The smallest absolute Gasteiger partial charge is 0.344 e. The van der Waals surface area contributed by atoms with E-state index in [1.807, 2.05) is 25.1 Å². The van der Waals surface area contributed by atoms with Crippen LogP contribution in [0.3, 0.4) is 0 Å². The van der Waals surface area contributed by atoms with Gasteiger partial charge in [-0.05, 0) is 36.8 Å². The number of carbonyl (C=O) groups is 2. The summed E-state index contributed by atoms with van der Waals surface area (Å²) >= 11 is 0. The molecule has 1 aliphatic heterocycles. The molecule has 26 heavy (non-hydrogen) atoms. The Hall–Kier alpha value is -3.22. The van der Waals surface area contributed by atoms with Crippen molar-refractivity contribution in [3.05, 3.63) is 54.1 Å². The molecule has 136 valence electrons. The van der Waals surface area contributed by atoms with Gasteiger partial charge in [-0.15, -0.1) is 0 Å². The van der Waals surface area contributed by atoms with Crippen molar-refractivity contribution >= 4 is 11.9 Å². The van der Waals surface area contributed by atoms with Gasteiger partial charge in [-0.25, -0.2) is 4.79 Å². The van der Waals surface area contributed by atoms with Gasteiger partial charge in [0.2, 0.25) is 6.79 Å². The molecule has 1 N–H and O–H groups in total. The Kier molecular flexibility index (Phi) is 5.58. The zero-order valence-electron chi connectivity index (χ0n) is 14.3. The zero-order chi connectivity index (χ0) is 18.4. The minimum Gasteiger partial charge on any atom is -0.482 e. The number of para-hydroxylation sites is 1. The van der Waals surface area contributed by atoms with Crippen LogP contribution in [0.2, 0.25) is 0 Å². The Bertz CT molecular complexity index is 777. The number of hydrogen-bond acceptors (Lipinski definition) is 6. The third-order valence-electron chi connectivity index (χ3n) is 3.74. The van der Waals surface area contributed by atoms with Crippen molar-refractivity contribution in [2.24, 2.45) is 0 Å². The lowest BCUT2D eigenvalue weighted by molar-refractivity contribution is -0.150. The topological polar surface area (TPSA) is 83.1 Å². The van der Waals surface area contributed by atoms with Crippen LogP contribution in [0, 0.1) is 0 Å². The van der Waals surface area contributed by atoms with Gasteiger partial charge < -0.3 is 24.3 Å². The lowest BCUT2D eigenvalue weighted by Gasteiger charge is -2.15. The van der Waals surface area contributed by atoms with Gasteiger partial charge in [-0.2, -0.15) is 0 Å². The number of amides is 1. The molecule has 2 aromatic carbocycles. The molecule has 3 rings (SSSR count). The van der Waals surface area contributed by atoms with Crippen LogP contribution in [0.5, 0.6) is 17.2 Å².